The Kier molecular flexibility index (Phi) is 4.63. The van der Waals surface area contributed by atoms with Gasteiger partial charge in [-0.3, -0.25) is 9.59 Å². The van der Waals surface area contributed by atoms with E-state index in [0.29, 0.717) is 17.7 Å². The fraction of sp³-hybridized carbons (Fsp3) is 0.500. The molecule has 1 aromatic carbocycles. The molecule has 1 aliphatic rings. The molecule has 5 heteroatoms. The molecule has 2 rings (SSSR count). The number of nitrogens with two attached hydrogens (primary N) is 1. The first-order valence-electron chi connectivity index (χ1n) is 7.30. The highest BCUT2D eigenvalue weighted by Gasteiger charge is 2.31. The zero-order valence-electron chi connectivity index (χ0n) is 12.7. The number of carbonyl (C=O) groups excluding carboxylic acids is 2. The summed E-state index contributed by atoms with van der Waals surface area (Å²) in [6, 6.07) is 6.97. The molecule has 21 heavy (non-hydrogen) atoms. The van der Waals surface area contributed by atoms with Crippen LogP contribution in [0.2, 0.25) is 0 Å². The molecule has 0 heterocycles. The third-order valence-electron chi connectivity index (χ3n) is 3.91. The van der Waals surface area contributed by atoms with Crippen molar-refractivity contribution in [2.24, 2.45) is 5.73 Å². The van der Waals surface area contributed by atoms with Crippen LogP contribution < -0.4 is 11.1 Å². The number of carbonyl (C=O) groups is 2. The molecule has 2 amide bonds. The minimum Gasteiger partial charge on any atom is -0.345 e. The fourth-order valence-electron chi connectivity index (χ4n) is 2.77. The topological polar surface area (TPSA) is 75.4 Å². The molecular weight excluding hydrogens is 266 g/mol. The summed E-state index contributed by atoms with van der Waals surface area (Å²) in [6.07, 6.45) is 4.32. The number of nitrogens with zero attached hydrogens (tertiary/aromatic N) is 1. The standard InChI is InChI=1S/C16H23N3O2/c1-19(2)15(21)12-6-5-7-13(10-12)18-14(20)11-16(17)8-3-4-9-16/h5-7,10H,3-4,8-9,11,17H2,1-2H3,(H,18,20). The van der Waals surface area contributed by atoms with Gasteiger partial charge in [0.1, 0.15) is 0 Å². The second kappa shape index (κ2) is 6.26. The van der Waals surface area contributed by atoms with Crippen molar-refractivity contribution >= 4 is 17.5 Å². The normalized spacial score (nSPS) is 16.5. The van der Waals surface area contributed by atoms with Crippen molar-refractivity contribution in [2.75, 3.05) is 19.4 Å². The first kappa shape index (κ1) is 15.5. The third-order valence-corrected chi connectivity index (χ3v) is 3.91. The summed E-state index contributed by atoms with van der Waals surface area (Å²) >= 11 is 0. The number of benzene rings is 1. The molecule has 0 radical (unpaired) electrons. The summed E-state index contributed by atoms with van der Waals surface area (Å²) in [5.41, 5.74) is 7.04. The summed E-state index contributed by atoms with van der Waals surface area (Å²) < 4.78 is 0. The van der Waals surface area contributed by atoms with Crippen molar-refractivity contribution < 1.29 is 9.59 Å². The van der Waals surface area contributed by atoms with E-state index < -0.39 is 0 Å². The van der Waals surface area contributed by atoms with Gasteiger partial charge in [0.25, 0.3) is 5.91 Å². The molecule has 0 bridgehead atoms. The van der Waals surface area contributed by atoms with Crippen LogP contribution in [0, 0.1) is 0 Å². The Morgan fingerprint density at radius 2 is 1.95 bits per heavy atom. The zero-order chi connectivity index (χ0) is 15.5. The summed E-state index contributed by atoms with van der Waals surface area (Å²) in [5.74, 6) is -0.175. The Balaban J connectivity index is 2.01. The number of rotatable bonds is 4. The monoisotopic (exact) mass is 289 g/mol. The molecule has 1 aliphatic carbocycles. The number of hydrogen-bond acceptors (Lipinski definition) is 3. The molecule has 0 aliphatic heterocycles. The van der Waals surface area contributed by atoms with Crippen LogP contribution in [0.1, 0.15) is 42.5 Å². The van der Waals surface area contributed by atoms with E-state index in [4.69, 9.17) is 5.73 Å². The van der Waals surface area contributed by atoms with Gasteiger partial charge >= 0.3 is 0 Å². The molecule has 3 N–H and O–H groups in total. The van der Waals surface area contributed by atoms with Gasteiger partial charge in [0.2, 0.25) is 5.91 Å². The quantitative estimate of drug-likeness (QED) is 0.890. The van der Waals surface area contributed by atoms with Crippen molar-refractivity contribution in [1.29, 1.82) is 0 Å². The molecule has 1 saturated carbocycles. The summed E-state index contributed by atoms with van der Waals surface area (Å²) in [5, 5.41) is 2.84. The molecule has 5 nitrogen and oxygen atoms in total. The van der Waals surface area contributed by atoms with E-state index >= 15 is 0 Å². The molecule has 0 saturated heterocycles. The summed E-state index contributed by atoms with van der Waals surface area (Å²) in [4.78, 5) is 25.5. The Labute approximate surface area is 125 Å². The van der Waals surface area contributed by atoms with Gasteiger partial charge < -0.3 is 16.0 Å². The van der Waals surface area contributed by atoms with E-state index in [2.05, 4.69) is 5.32 Å². The zero-order valence-corrected chi connectivity index (χ0v) is 12.7. The van der Waals surface area contributed by atoms with Crippen molar-refractivity contribution in [3.63, 3.8) is 0 Å². The minimum absolute atomic E-state index is 0.0859. The van der Waals surface area contributed by atoms with E-state index in [1.807, 2.05) is 0 Å². The van der Waals surface area contributed by atoms with Crippen LogP contribution in [0.4, 0.5) is 5.69 Å². The lowest BCUT2D eigenvalue weighted by Gasteiger charge is -2.22. The fourth-order valence-corrected chi connectivity index (χ4v) is 2.77. The number of amides is 2. The van der Waals surface area contributed by atoms with Gasteiger partial charge in [-0.05, 0) is 31.0 Å². The second-order valence-electron chi connectivity index (χ2n) is 6.07. The van der Waals surface area contributed by atoms with Crippen LogP contribution in [0.15, 0.2) is 24.3 Å². The molecule has 114 valence electrons. The maximum atomic E-state index is 12.1. The second-order valence-corrected chi connectivity index (χ2v) is 6.07. The number of hydrogen-bond donors (Lipinski definition) is 2. The number of nitrogens with one attached hydrogen (secondary N) is 1. The van der Waals surface area contributed by atoms with Gasteiger partial charge in [-0.25, -0.2) is 0 Å². The lowest BCUT2D eigenvalue weighted by Crippen LogP contribution is -2.40. The molecule has 0 unspecified atom stereocenters. The van der Waals surface area contributed by atoms with Crippen molar-refractivity contribution in [2.45, 2.75) is 37.6 Å². The minimum atomic E-state index is -0.360. The van der Waals surface area contributed by atoms with Gasteiger partial charge in [0.15, 0.2) is 0 Å². The molecule has 1 aromatic rings. The van der Waals surface area contributed by atoms with Crippen molar-refractivity contribution in [3.8, 4) is 0 Å². The van der Waals surface area contributed by atoms with Gasteiger partial charge in [-0.2, -0.15) is 0 Å². The van der Waals surface area contributed by atoms with Crippen LogP contribution in [-0.4, -0.2) is 36.3 Å². The van der Waals surface area contributed by atoms with E-state index in [-0.39, 0.29) is 17.4 Å². The first-order valence-corrected chi connectivity index (χ1v) is 7.30. The van der Waals surface area contributed by atoms with Gasteiger partial charge in [0, 0.05) is 37.3 Å². The highest BCUT2D eigenvalue weighted by Crippen LogP contribution is 2.30. The predicted octanol–water partition coefficient (Wildman–Crippen LogP) is 1.99. The summed E-state index contributed by atoms with van der Waals surface area (Å²) in [6.45, 7) is 0. The first-order chi connectivity index (χ1) is 9.89. The lowest BCUT2D eigenvalue weighted by atomic mass is 9.94. The average Bonchev–Trinajstić information content (AvgIpc) is 2.84. The Morgan fingerprint density at radius 1 is 1.29 bits per heavy atom. The Hall–Kier alpha value is -1.88. The average molecular weight is 289 g/mol. The van der Waals surface area contributed by atoms with E-state index in [1.165, 1.54) is 4.90 Å². The van der Waals surface area contributed by atoms with Gasteiger partial charge in [-0.1, -0.05) is 18.9 Å². The SMILES string of the molecule is CN(C)C(=O)c1cccc(NC(=O)CC2(N)CCCC2)c1. The molecule has 0 atom stereocenters. The van der Waals surface area contributed by atoms with Crippen molar-refractivity contribution in [1.82, 2.24) is 4.90 Å². The Bertz CT molecular complexity index is 534. The number of anilines is 1. The molecule has 0 spiro atoms. The molecule has 1 fully saturated rings. The maximum absolute atomic E-state index is 12.1. The van der Waals surface area contributed by atoms with Crippen LogP contribution in [-0.2, 0) is 4.79 Å². The smallest absolute Gasteiger partial charge is 0.253 e. The van der Waals surface area contributed by atoms with Gasteiger partial charge in [0.05, 0.1) is 0 Å². The van der Waals surface area contributed by atoms with E-state index in [1.54, 1.807) is 38.4 Å². The highest BCUT2D eigenvalue weighted by atomic mass is 16.2. The third kappa shape index (κ3) is 4.04. The van der Waals surface area contributed by atoms with Crippen LogP contribution >= 0.6 is 0 Å². The van der Waals surface area contributed by atoms with Crippen LogP contribution in [0.5, 0.6) is 0 Å². The maximum Gasteiger partial charge on any atom is 0.253 e. The lowest BCUT2D eigenvalue weighted by molar-refractivity contribution is -0.117. The van der Waals surface area contributed by atoms with Crippen LogP contribution in [0.3, 0.4) is 0 Å². The van der Waals surface area contributed by atoms with E-state index in [0.717, 1.165) is 25.7 Å². The largest absolute Gasteiger partial charge is 0.345 e. The molecular formula is C16H23N3O2. The van der Waals surface area contributed by atoms with Gasteiger partial charge in [-0.15, -0.1) is 0 Å². The molecule has 0 aromatic heterocycles. The Morgan fingerprint density at radius 3 is 2.57 bits per heavy atom. The van der Waals surface area contributed by atoms with Crippen LogP contribution in [0.25, 0.3) is 0 Å². The van der Waals surface area contributed by atoms with Crippen molar-refractivity contribution in [3.05, 3.63) is 29.8 Å². The van der Waals surface area contributed by atoms with E-state index in [9.17, 15) is 9.59 Å². The summed E-state index contributed by atoms with van der Waals surface area (Å²) in [7, 11) is 3.40. The predicted molar refractivity (Wildman–Crippen MR) is 83.1 cm³/mol. The highest BCUT2D eigenvalue weighted by molar-refractivity contribution is 5.97.